The molecule has 0 bridgehead atoms. The molecule has 0 aliphatic heterocycles. The monoisotopic (exact) mass is 499 g/mol. The normalized spacial score (nSPS) is 11.1. The number of unbranched alkanes of at least 4 members (excludes halogenated alkanes) is 9. The van der Waals surface area contributed by atoms with Gasteiger partial charge in [0.25, 0.3) is 11.6 Å². The molecule has 0 radical (unpaired) electrons. The zero-order valence-electron chi connectivity index (χ0n) is 19.7. The van der Waals surface area contributed by atoms with Crippen LogP contribution in [0.2, 0.25) is 0 Å². The van der Waals surface area contributed by atoms with Crippen LogP contribution in [-0.4, -0.2) is 49.0 Å². The van der Waals surface area contributed by atoms with Crippen molar-refractivity contribution in [1.29, 1.82) is 0 Å². The minimum atomic E-state index is -0.462. The molecule has 6 nitrogen and oxygen atoms in total. The summed E-state index contributed by atoms with van der Waals surface area (Å²) >= 11 is 0. The average Bonchev–Trinajstić information content (AvgIpc) is 2.72. The highest BCUT2D eigenvalue weighted by Crippen LogP contribution is 2.13. The second-order valence-corrected chi connectivity index (χ2v) is 8.98. The highest BCUT2D eigenvalue weighted by atomic mass is 79.9. The van der Waals surface area contributed by atoms with E-state index >= 15 is 0 Å². The summed E-state index contributed by atoms with van der Waals surface area (Å²) in [5.74, 6) is -0.176. The third-order valence-corrected chi connectivity index (χ3v) is 5.68. The molecule has 0 heterocycles. The first kappa shape index (κ1) is 29.5. The van der Waals surface area contributed by atoms with Gasteiger partial charge in [0.1, 0.15) is 0 Å². The molecule has 0 spiro atoms. The fourth-order valence-electron chi connectivity index (χ4n) is 3.68. The van der Waals surface area contributed by atoms with Crippen LogP contribution in [0.4, 0.5) is 5.69 Å². The summed E-state index contributed by atoms with van der Waals surface area (Å²) in [6, 6.07) is 5.72. The molecule has 0 fully saturated rings. The first-order valence-corrected chi connectivity index (χ1v) is 11.7. The molecule has 1 N–H and O–H groups in total. The molecular formula is C24H42BrN3O3. The topological polar surface area (TPSA) is 72.2 Å². The maximum Gasteiger partial charge on any atom is 0.269 e. The quantitative estimate of drug-likeness (QED) is 0.155. The van der Waals surface area contributed by atoms with E-state index in [4.69, 9.17) is 0 Å². The zero-order chi connectivity index (χ0) is 22.2. The number of nitrogens with zero attached hydrogens (tertiary/aromatic N) is 2. The van der Waals surface area contributed by atoms with E-state index in [-0.39, 0.29) is 28.6 Å². The van der Waals surface area contributed by atoms with Crippen molar-refractivity contribution < 1.29 is 31.2 Å². The maximum atomic E-state index is 12.1. The van der Waals surface area contributed by atoms with Gasteiger partial charge < -0.3 is 26.8 Å². The van der Waals surface area contributed by atoms with E-state index in [1.807, 2.05) is 0 Å². The van der Waals surface area contributed by atoms with Crippen molar-refractivity contribution in [2.75, 3.05) is 33.7 Å². The number of hydrogen-bond donors (Lipinski definition) is 1. The number of nitro benzene ring substituents is 1. The van der Waals surface area contributed by atoms with Crippen LogP contribution >= 0.6 is 0 Å². The second-order valence-electron chi connectivity index (χ2n) is 8.98. The maximum absolute atomic E-state index is 12.1. The van der Waals surface area contributed by atoms with Crippen molar-refractivity contribution in [2.24, 2.45) is 0 Å². The van der Waals surface area contributed by atoms with Crippen molar-refractivity contribution in [3.05, 3.63) is 39.9 Å². The van der Waals surface area contributed by atoms with Gasteiger partial charge in [-0.3, -0.25) is 14.9 Å². The van der Waals surface area contributed by atoms with Gasteiger partial charge in [-0.25, -0.2) is 0 Å². The van der Waals surface area contributed by atoms with Crippen LogP contribution < -0.4 is 22.3 Å². The van der Waals surface area contributed by atoms with Gasteiger partial charge in [-0.2, -0.15) is 0 Å². The SMILES string of the molecule is CCCCCCCCCCCC[N+](C)(C)CCCNC(=O)c1ccc([N+](=O)[O-])cc1.[Br-]. The summed E-state index contributed by atoms with van der Waals surface area (Å²) in [6.07, 6.45) is 14.5. The predicted octanol–water partition coefficient (Wildman–Crippen LogP) is 2.72. The fraction of sp³-hybridized carbons (Fsp3) is 0.708. The van der Waals surface area contributed by atoms with Crippen LogP contribution in [0.25, 0.3) is 0 Å². The van der Waals surface area contributed by atoms with Gasteiger partial charge in [-0.1, -0.05) is 58.3 Å². The lowest BCUT2D eigenvalue weighted by molar-refractivity contribution is -0.890. The van der Waals surface area contributed by atoms with Gasteiger partial charge in [-0.05, 0) is 25.0 Å². The third kappa shape index (κ3) is 14.3. The number of nitrogens with one attached hydrogen (secondary N) is 1. The largest absolute Gasteiger partial charge is 1.00 e. The fourth-order valence-corrected chi connectivity index (χ4v) is 3.68. The molecule has 0 atom stereocenters. The Labute approximate surface area is 199 Å². The highest BCUT2D eigenvalue weighted by molar-refractivity contribution is 5.94. The Morgan fingerprint density at radius 3 is 1.87 bits per heavy atom. The van der Waals surface area contributed by atoms with Crippen LogP contribution in [0.1, 0.15) is 87.9 Å². The Morgan fingerprint density at radius 1 is 0.871 bits per heavy atom. The molecule has 0 saturated carbocycles. The van der Waals surface area contributed by atoms with E-state index in [0.29, 0.717) is 12.1 Å². The molecule has 1 amide bonds. The smallest absolute Gasteiger partial charge is 0.269 e. The minimum absolute atomic E-state index is 0. The standard InChI is InChI=1S/C24H41N3O3.BrH/c1-4-5-6-7-8-9-10-11-12-13-20-27(2,3)21-14-19-25-24(28)22-15-17-23(18-16-22)26(29)30;/h15-18H,4-14,19-21H2,1-3H3;1H. The number of nitro groups is 1. The van der Waals surface area contributed by atoms with E-state index in [1.165, 1.54) is 95.0 Å². The molecular weight excluding hydrogens is 458 g/mol. The molecule has 0 aromatic heterocycles. The Bertz CT molecular complexity index is 621. The summed E-state index contributed by atoms with van der Waals surface area (Å²) in [7, 11) is 4.51. The highest BCUT2D eigenvalue weighted by Gasteiger charge is 2.14. The van der Waals surface area contributed by atoms with Gasteiger partial charge in [0.05, 0.1) is 32.1 Å². The van der Waals surface area contributed by atoms with Crippen molar-refractivity contribution in [2.45, 2.75) is 77.6 Å². The van der Waals surface area contributed by atoms with Gasteiger partial charge in [0, 0.05) is 30.7 Å². The number of benzene rings is 1. The molecule has 7 heteroatoms. The number of non-ortho nitro benzene ring substituents is 1. The second kappa shape index (κ2) is 17.1. The summed E-state index contributed by atoms with van der Waals surface area (Å²) in [5, 5.41) is 13.6. The van der Waals surface area contributed by atoms with E-state index in [1.54, 1.807) is 0 Å². The van der Waals surface area contributed by atoms with E-state index in [9.17, 15) is 14.9 Å². The average molecular weight is 501 g/mol. The summed E-state index contributed by atoms with van der Waals surface area (Å²) < 4.78 is 0.977. The Balaban J connectivity index is 0.00000900. The lowest BCUT2D eigenvalue weighted by Crippen LogP contribution is -3.00. The van der Waals surface area contributed by atoms with Crippen molar-refractivity contribution in [3.8, 4) is 0 Å². The van der Waals surface area contributed by atoms with Crippen LogP contribution in [0, 0.1) is 10.1 Å². The molecule has 178 valence electrons. The number of carbonyl (C=O) groups is 1. The minimum Gasteiger partial charge on any atom is -1.00 e. The number of rotatable bonds is 17. The summed E-state index contributed by atoms with van der Waals surface area (Å²) in [5.41, 5.74) is 0.456. The van der Waals surface area contributed by atoms with Gasteiger partial charge in [0.15, 0.2) is 0 Å². The predicted molar refractivity (Wildman–Crippen MR) is 124 cm³/mol. The van der Waals surface area contributed by atoms with Crippen molar-refractivity contribution >= 4 is 11.6 Å². The van der Waals surface area contributed by atoms with Gasteiger partial charge in [0.2, 0.25) is 0 Å². The first-order valence-electron chi connectivity index (χ1n) is 11.7. The molecule has 0 unspecified atom stereocenters. The van der Waals surface area contributed by atoms with Crippen LogP contribution in [0.3, 0.4) is 0 Å². The Kier molecular flexibility index (Phi) is 16.3. The molecule has 0 saturated heterocycles. The van der Waals surface area contributed by atoms with E-state index < -0.39 is 4.92 Å². The first-order chi connectivity index (χ1) is 14.4. The number of halogens is 1. The molecule has 0 aliphatic carbocycles. The lowest BCUT2D eigenvalue weighted by atomic mass is 10.1. The lowest BCUT2D eigenvalue weighted by Gasteiger charge is -2.30. The van der Waals surface area contributed by atoms with Gasteiger partial charge in [-0.15, -0.1) is 0 Å². The Morgan fingerprint density at radius 2 is 1.35 bits per heavy atom. The zero-order valence-corrected chi connectivity index (χ0v) is 21.3. The van der Waals surface area contributed by atoms with Gasteiger partial charge >= 0.3 is 0 Å². The number of hydrogen-bond acceptors (Lipinski definition) is 3. The third-order valence-electron chi connectivity index (χ3n) is 5.68. The molecule has 0 aliphatic rings. The molecule has 31 heavy (non-hydrogen) atoms. The summed E-state index contributed by atoms with van der Waals surface area (Å²) in [6.45, 7) is 5.08. The molecule has 1 aromatic rings. The molecule has 1 aromatic carbocycles. The van der Waals surface area contributed by atoms with E-state index in [0.717, 1.165) is 17.4 Å². The summed E-state index contributed by atoms with van der Waals surface area (Å²) in [4.78, 5) is 22.3. The number of quaternary nitrogens is 1. The van der Waals surface area contributed by atoms with Crippen LogP contribution in [0.5, 0.6) is 0 Å². The van der Waals surface area contributed by atoms with Crippen LogP contribution in [-0.2, 0) is 0 Å². The van der Waals surface area contributed by atoms with Crippen molar-refractivity contribution in [3.63, 3.8) is 0 Å². The number of carbonyl (C=O) groups excluding carboxylic acids is 1. The van der Waals surface area contributed by atoms with Crippen molar-refractivity contribution in [1.82, 2.24) is 5.32 Å². The Hall–Kier alpha value is -1.47. The van der Waals surface area contributed by atoms with E-state index in [2.05, 4.69) is 26.3 Å². The van der Waals surface area contributed by atoms with Crippen LogP contribution in [0.15, 0.2) is 24.3 Å². The molecule has 1 rings (SSSR count). The number of amides is 1.